The second-order valence-corrected chi connectivity index (χ2v) is 7.10. The third kappa shape index (κ3) is 5.24. The quantitative estimate of drug-likeness (QED) is 0.584. The summed E-state index contributed by atoms with van der Waals surface area (Å²) < 4.78 is 62.8. The number of aromatic nitrogens is 4. The number of nitrogens with one attached hydrogen (secondary N) is 2. The molecule has 1 aliphatic heterocycles. The second-order valence-electron chi connectivity index (χ2n) is 6.72. The molecule has 0 radical (unpaired) electrons. The number of rotatable bonds is 7. The van der Waals surface area contributed by atoms with Crippen LogP contribution in [0.2, 0.25) is 5.02 Å². The molecular formula is C17H17ClF4N6O4. The van der Waals surface area contributed by atoms with E-state index in [2.05, 4.69) is 30.9 Å². The number of tetrazole rings is 1. The van der Waals surface area contributed by atoms with Crippen LogP contribution in [0.1, 0.15) is 23.2 Å². The highest BCUT2D eigenvalue weighted by atomic mass is 35.5. The van der Waals surface area contributed by atoms with Gasteiger partial charge in [0.2, 0.25) is 11.9 Å². The van der Waals surface area contributed by atoms with Gasteiger partial charge in [0, 0.05) is 26.2 Å². The van der Waals surface area contributed by atoms with Gasteiger partial charge in [-0.2, -0.15) is 17.6 Å². The number of nitrogens with zero attached hydrogens (tertiary/aromatic N) is 4. The van der Waals surface area contributed by atoms with E-state index in [-0.39, 0.29) is 11.5 Å². The third-order valence-corrected chi connectivity index (χ3v) is 4.93. The summed E-state index contributed by atoms with van der Waals surface area (Å²) in [5.41, 5.74) is -0.822. The zero-order valence-electron chi connectivity index (χ0n) is 16.4. The van der Waals surface area contributed by atoms with Gasteiger partial charge in [-0.15, -0.1) is 0 Å². The lowest BCUT2D eigenvalue weighted by Gasteiger charge is -2.24. The summed E-state index contributed by atoms with van der Waals surface area (Å²) in [5, 5.41) is 14.6. The number of hydrogen-bond acceptors (Lipinski definition) is 7. The summed E-state index contributed by atoms with van der Waals surface area (Å²) in [6.45, 7) is 0.625. The molecule has 0 saturated carbocycles. The number of hydrogen-bond donors (Lipinski definition) is 2. The molecule has 2 N–H and O–H groups in total. The minimum atomic E-state index is -4.87. The monoisotopic (exact) mass is 480 g/mol. The number of ether oxygens (including phenoxy) is 2. The van der Waals surface area contributed by atoms with Crippen molar-refractivity contribution in [3.63, 3.8) is 0 Å². The lowest BCUT2D eigenvalue weighted by atomic mass is 9.99. The molecule has 2 aromatic rings. The first-order chi connectivity index (χ1) is 15.1. The first kappa shape index (κ1) is 23.7. The van der Waals surface area contributed by atoms with Gasteiger partial charge in [0.15, 0.2) is 5.75 Å². The van der Waals surface area contributed by atoms with Crippen molar-refractivity contribution >= 4 is 35.1 Å². The molecule has 0 spiro atoms. The van der Waals surface area contributed by atoms with Crippen molar-refractivity contribution in [3.8, 4) is 5.75 Å². The second kappa shape index (κ2) is 9.65. The Hall–Kier alpha value is -3.00. The van der Waals surface area contributed by atoms with Crippen LogP contribution in [0, 0.1) is 5.92 Å². The molecule has 2 heterocycles. The Morgan fingerprint density at radius 3 is 2.56 bits per heavy atom. The molecule has 0 bridgehead atoms. The highest BCUT2D eigenvalue weighted by Crippen LogP contribution is 2.40. The maximum atomic E-state index is 13.5. The number of alkyl halides is 4. The van der Waals surface area contributed by atoms with Crippen molar-refractivity contribution in [2.24, 2.45) is 13.0 Å². The van der Waals surface area contributed by atoms with Crippen molar-refractivity contribution in [2.75, 3.05) is 23.8 Å². The normalized spacial score (nSPS) is 15.0. The van der Waals surface area contributed by atoms with E-state index in [1.54, 1.807) is 0 Å². The first-order valence-corrected chi connectivity index (χ1v) is 9.57. The molecule has 10 nitrogen and oxygen atoms in total. The lowest BCUT2D eigenvalue weighted by Crippen LogP contribution is -2.34. The van der Waals surface area contributed by atoms with Crippen molar-refractivity contribution in [1.29, 1.82) is 0 Å². The number of benzene rings is 1. The third-order valence-electron chi connectivity index (χ3n) is 4.53. The van der Waals surface area contributed by atoms with E-state index in [0.717, 1.165) is 16.8 Å². The predicted octanol–water partition coefficient (Wildman–Crippen LogP) is 2.72. The molecule has 32 heavy (non-hydrogen) atoms. The first-order valence-electron chi connectivity index (χ1n) is 9.20. The van der Waals surface area contributed by atoms with Crippen LogP contribution in [0.4, 0.5) is 29.2 Å². The molecule has 1 fully saturated rings. The average Bonchev–Trinajstić information content (AvgIpc) is 3.15. The van der Waals surface area contributed by atoms with Crippen LogP contribution in [0.15, 0.2) is 12.1 Å². The average molecular weight is 481 g/mol. The van der Waals surface area contributed by atoms with Gasteiger partial charge >= 0.3 is 12.5 Å². The predicted molar refractivity (Wildman–Crippen MR) is 102 cm³/mol. The maximum Gasteiger partial charge on any atom is 0.461 e. The van der Waals surface area contributed by atoms with Crippen molar-refractivity contribution < 1.29 is 36.6 Å². The fourth-order valence-electron chi connectivity index (χ4n) is 2.82. The number of anilines is 2. The summed E-state index contributed by atoms with van der Waals surface area (Å²) in [6.07, 6.45) is -8.31. The summed E-state index contributed by atoms with van der Waals surface area (Å²) in [5.74, 6) is -2.89. The Morgan fingerprint density at radius 2 is 1.97 bits per heavy atom. The molecule has 174 valence electrons. The van der Waals surface area contributed by atoms with E-state index in [0.29, 0.717) is 26.1 Å². The van der Waals surface area contributed by atoms with E-state index in [4.69, 9.17) is 16.3 Å². The van der Waals surface area contributed by atoms with Crippen molar-refractivity contribution in [1.82, 2.24) is 20.2 Å². The Labute approximate surface area is 183 Å². The van der Waals surface area contributed by atoms with E-state index >= 15 is 0 Å². The fourth-order valence-corrected chi connectivity index (χ4v) is 3.10. The van der Waals surface area contributed by atoms with Crippen molar-refractivity contribution in [2.45, 2.75) is 25.4 Å². The van der Waals surface area contributed by atoms with Gasteiger partial charge in [0.1, 0.15) is 5.69 Å². The summed E-state index contributed by atoms with van der Waals surface area (Å²) in [7, 11) is 1.44. The summed E-state index contributed by atoms with van der Waals surface area (Å²) in [4.78, 5) is 25.2. The van der Waals surface area contributed by atoms with Gasteiger partial charge in [-0.1, -0.05) is 16.7 Å². The smallest absolute Gasteiger partial charge is 0.426 e. The number of halogens is 5. The van der Waals surface area contributed by atoms with Crippen LogP contribution < -0.4 is 15.4 Å². The van der Waals surface area contributed by atoms with Crippen LogP contribution in [-0.4, -0.2) is 57.8 Å². The Bertz CT molecular complexity index is 999. The van der Waals surface area contributed by atoms with Crippen LogP contribution in [-0.2, 0) is 16.6 Å². The zero-order valence-corrected chi connectivity index (χ0v) is 17.2. The Balaban J connectivity index is 1.94. The Kier molecular flexibility index (Phi) is 7.13. The molecule has 0 aliphatic carbocycles. The van der Waals surface area contributed by atoms with Crippen LogP contribution in [0.5, 0.6) is 5.75 Å². The number of carbonyl (C=O) groups is 2. The molecule has 15 heteroatoms. The number of carbonyl (C=O) groups excluding carboxylic acids is 2. The minimum absolute atomic E-state index is 0.0524. The minimum Gasteiger partial charge on any atom is -0.426 e. The molecule has 1 aromatic heterocycles. The maximum absolute atomic E-state index is 13.5. The summed E-state index contributed by atoms with van der Waals surface area (Å²) in [6, 6.07) is 1.80. The molecule has 2 amide bonds. The Morgan fingerprint density at radius 1 is 1.28 bits per heavy atom. The largest absolute Gasteiger partial charge is 0.461 e. The standard InChI is InChI=1S/C17H17ClF4N6O4/c1-28-16(25-26-27-28)24-14(30)9-2-3-10(32-17(21,22)15(19)20)12(11(9)18)23-13(29)8-4-6-31-7-5-8/h2-3,8,15H,4-7H2,1H3,(H,23,29)(H,24,25,27,30). The molecule has 0 atom stereocenters. The van der Waals surface area contributed by atoms with E-state index in [1.165, 1.54) is 7.05 Å². The van der Waals surface area contributed by atoms with Gasteiger partial charge in [-0.05, 0) is 35.4 Å². The van der Waals surface area contributed by atoms with Crippen LogP contribution in [0.3, 0.4) is 0 Å². The molecular weight excluding hydrogens is 464 g/mol. The highest BCUT2D eigenvalue weighted by molar-refractivity contribution is 6.37. The lowest BCUT2D eigenvalue weighted by molar-refractivity contribution is -0.252. The van der Waals surface area contributed by atoms with Gasteiger partial charge in [0.25, 0.3) is 5.91 Å². The number of amides is 2. The molecule has 1 saturated heterocycles. The highest BCUT2D eigenvalue weighted by Gasteiger charge is 2.45. The van der Waals surface area contributed by atoms with Crippen molar-refractivity contribution in [3.05, 3.63) is 22.7 Å². The van der Waals surface area contributed by atoms with Gasteiger partial charge < -0.3 is 14.8 Å². The topological polar surface area (TPSA) is 120 Å². The molecule has 1 aromatic carbocycles. The van der Waals surface area contributed by atoms with Gasteiger partial charge in [-0.3, -0.25) is 14.9 Å². The molecule has 0 unspecified atom stereocenters. The van der Waals surface area contributed by atoms with E-state index in [1.807, 2.05) is 0 Å². The van der Waals surface area contributed by atoms with Gasteiger partial charge in [0.05, 0.1) is 10.6 Å². The van der Waals surface area contributed by atoms with Crippen LogP contribution >= 0.6 is 11.6 Å². The van der Waals surface area contributed by atoms with E-state index in [9.17, 15) is 27.2 Å². The zero-order chi connectivity index (χ0) is 23.5. The van der Waals surface area contributed by atoms with E-state index < -0.39 is 46.7 Å². The SMILES string of the molecule is Cn1nnnc1NC(=O)c1ccc(OC(F)(F)C(F)F)c(NC(=O)C2CCOCC2)c1Cl. The fraction of sp³-hybridized carbons (Fsp3) is 0.471. The van der Waals surface area contributed by atoms with Crippen LogP contribution in [0.25, 0.3) is 0 Å². The molecule has 1 aliphatic rings. The van der Waals surface area contributed by atoms with Gasteiger partial charge in [-0.25, -0.2) is 4.68 Å². The number of aryl methyl sites for hydroxylation is 1. The molecule has 3 rings (SSSR count). The summed E-state index contributed by atoms with van der Waals surface area (Å²) >= 11 is 6.21.